The van der Waals surface area contributed by atoms with E-state index < -0.39 is 30.0 Å². The van der Waals surface area contributed by atoms with E-state index in [1.807, 2.05) is 66.7 Å². The fourth-order valence-electron chi connectivity index (χ4n) is 2.91. The van der Waals surface area contributed by atoms with Crippen molar-refractivity contribution in [2.24, 2.45) is 5.73 Å². The normalized spacial score (nSPS) is 12.1. The highest BCUT2D eigenvalue weighted by molar-refractivity contribution is 5.90. The Morgan fingerprint density at radius 3 is 2.13 bits per heavy atom. The van der Waals surface area contributed by atoms with Gasteiger partial charge in [0.1, 0.15) is 18.7 Å². The van der Waals surface area contributed by atoms with E-state index in [0.29, 0.717) is 6.42 Å². The van der Waals surface area contributed by atoms with Crippen LogP contribution in [0, 0.1) is 11.3 Å². The second kappa shape index (κ2) is 12.6. The molecule has 2 rings (SSSR count). The standard InChI is InChI=1S/C23H26N4O4/c24-14-8-7-13-19(21(25)28)26-22(29)20(15-17-9-3-1-4-10-17)27-23(30)31-16-18-11-5-2-6-12-18/h1-6,9-12,19-20H,7-8,13,15-16H2,(H2,25,28)(H,26,29)(H,27,30)/t19-,20-/m0/s1. The number of nitrogens with two attached hydrogens (primary N) is 1. The largest absolute Gasteiger partial charge is 0.445 e. The van der Waals surface area contributed by atoms with Crippen LogP contribution in [0.2, 0.25) is 0 Å². The molecule has 0 spiro atoms. The first kappa shape index (κ1) is 23.4. The highest BCUT2D eigenvalue weighted by atomic mass is 16.5. The second-order valence-electron chi connectivity index (χ2n) is 6.96. The predicted octanol–water partition coefficient (Wildman–Crippen LogP) is 2.19. The summed E-state index contributed by atoms with van der Waals surface area (Å²) in [6, 6.07) is 18.4. The van der Waals surface area contributed by atoms with E-state index in [-0.39, 0.29) is 25.9 Å². The van der Waals surface area contributed by atoms with E-state index in [1.165, 1.54) is 0 Å². The number of carbonyl (C=O) groups is 3. The van der Waals surface area contributed by atoms with Crippen molar-refractivity contribution in [3.8, 4) is 6.07 Å². The molecule has 0 bridgehead atoms. The Balaban J connectivity index is 2.04. The van der Waals surface area contributed by atoms with Crippen LogP contribution in [0.5, 0.6) is 0 Å². The van der Waals surface area contributed by atoms with E-state index in [9.17, 15) is 14.4 Å². The minimum atomic E-state index is -0.969. The lowest BCUT2D eigenvalue weighted by molar-refractivity contribution is -0.128. The Morgan fingerprint density at radius 2 is 1.55 bits per heavy atom. The first-order valence-electron chi connectivity index (χ1n) is 9.97. The Kier molecular flexibility index (Phi) is 9.56. The summed E-state index contributed by atoms with van der Waals surface area (Å²) in [5, 5.41) is 13.8. The maximum Gasteiger partial charge on any atom is 0.408 e. The lowest BCUT2D eigenvalue weighted by Crippen LogP contribution is -2.53. The molecule has 0 heterocycles. The summed E-state index contributed by atoms with van der Waals surface area (Å²) in [6.07, 6.45) is 0.361. The Morgan fingerprint density at radius 1 is 0.935 bits per heavy atom. The fourth-order valence-corrected chi connectivity index (χ4v) is 2.91. The summed E-state index contributed by atoms with van der Waals surface area (Å²) < 4.78 is 5.22. The number of carbonyl (C=O) groups excluding carboxylic acids is 3. The maximum atomic E-state index is 12.9. The third kappa shape index (κ3) is 8.58. The number of nitriles is 1. The van der Waals surface area contributed by atoms with E-state index in [0.717, 1.165) is 11.1 Å². The quantitative estimate of drug-likeness (QED) is 0.477. The van der Waals surface area contributed by atoms with Gasteiger partial charge in [0, 0.05) is 12.8 Å². The molecule has 162 valence electrons. The molecule has 2 aromatic carbocycles. The minimum absolute atomic E-state index is 0.0599. The van der Waals surface area contributed by atoms with Gasteiger partial charge in [0.2, 0.25) is 11.8 Å². The number of alkyl carbamates (subject to hydrolysis) is 1. The molecule has 0 saturated carbocycles. The number of hydrogen-bond donors (Lipinski definition) is 3. The summed E-state index contributed by atoms with van der Waals surface area (Å²) in [6.45, 7) is 0.0599. The van der Waals surface area contributed by atoms with Gasteiger partial charge in [-0.25, -0.2) is 4.79 Å². The third-order valence-corrected chi connectivity index (χ3v) is 4.55. The first-order valence-corrected chi connectivity index (χ1v) is 9.97. The monoisotopic (exact) mass is 422 g/mol. The van der Waals surface area contributed by atoms with Crippen molar-refractivity contribution in [3.63, 3.8) is 0 Å². The average Bonchev–Trinajstić information content (AvgIpc) is 2.78. The molecule has 4 N–H and O–H groups in total. The van der Waals surface area contributed by atoms with Gasteiger partial charge in [-0.15, -0.1) is 0 Å². The molecule has 8 heteroatoms. The summed E-state index contributed by atoms with van der Waals surface area (Å²) in [4.78, 5) is 36.9. The molecule has 0 unspecified atom stereocenters. The van der Waals surface area contributed by atoms with Crippen LogP contribution in [0.3, 0.4) is 0 Å². The lowest BCUT2D eigenvalue weighted by Gasteiger charge is -2.22. The van der Waals surface area contributed by atoms with Gasteiger partial charge in [-0.3, -0.25) is 9.59 Å². The van der Waals surface area contributed by atoms with Gasteiger partial charge in [0.25, 0.3) is 0 Å². The summed E-state index contributed by atoms with van der Waals surface area (Å²) in [7, 11) is 0. The smallest absolute Gasteiger partial charge is 0.408 e. The highest BCUT2D eigenvalue weighted by Gasteiger charge is 2.26. The molecule has 0 radical (unpaired) electrons. The van der Waals surface area contributed by atoms with Crippen LogP contribution in [0.15, 0.2) is 60.7 Å². The highest BCUT2D eigenvalue weighted by Crippen LogP contribution is 2.07. The number of benzene rings is 2. The van der Waals surface area contributed by atoms with Crippen molar-refractivity contribution in [1.82, 2.24) is 10.6 Å². The van der Waals surface area contributed by atoms with E-state index >= 15 is 0 Å². The van der Waals surface area contributed by atoms with E-state index in [4.69, 9.17) is 15.7 Å². The van der Waals surface area contributed by atoms with Gasteiger partial charge in [-0.1, -0.05) is 60.7 Å². The van der Waals surface area contributed by atoms with Crippen molar-refractivity contribution >= 4 is 17.9 Å². The number of unbranched alkanes of at least 4 members (excludes halogenated alkanes) is 1. The van der Waals surface area contributed by atoms with Crippen LogP contribution in [-0.2, 0) is 27.4 Å². The lowest BCUT2D eigenvalue weighted by atomic mass is 10.0. The second-order valence-corrected chi connectivity index (χ2v) is 6.96. The first-order chi connectivity index (χ1) is 15.0. The van der Waals surface area contributed by atoms with Gasteiger partial charge in [0.05, 0.1) is 6.07 Å². The number of ether oxygens (including phenoxy) is 1. The molecule has 0 aliphatic rings. The fraction of sp³-hybridized carbons (Fsp3) is 0.304. The zero-order chi connectivity index (χ0) is 22.5. The molecule has 0 aliphatic carbocycles. The van der Waals surface area contributed by atoms with Crippen molar-refractivity contribution in [2.45, 2.75) is 44.4 Å². The molecular weight excluding hydrogens is 396 g/mol. The van der Waals surface area contributed by atoms with Gasteiger partial charge in [0.15, 0.2) is 0 Å². The maximum absolute atomic E-state index is 12.9. The van der Waals surface area contributed by atoms with Crippen LogP contribution in [-0.4, -0.2) is 30.0 Å². The van der Waals surface area contributed by atoms with Crippen LogP contribution < -0.4 is 16.4 Å². The minimum Gasteiger partial charge on any atom is -0.445 e. The van der Waals surface area contributed by atoms with Crippen LogP contribution in [0.25, 0.3) is 0 Å². The molecule has 0 aliphatic heterocycles. The van der Waals surface area contributed by atoms with Crippen molar-refractivity contribution in [2.75, 3.05) is 0 Å². The molecule has 0 aromatic heterocycles. The topological polar surface area (TPSA) is 134 Å². The number of nitrogens with one attached hydrogen (secondary N) is 2. The number of primary amides is 1. The Bertz CT molecular complexity index is 897. The molecule has 3 amide bonds. The zero-order valence-corrected chi connectivity index (χ0v) is 17.1. The van der Waals surface area contributed by atoms with Crippen molar-refractivity contribution in [3.05, 3.63) is 71.8 Å². The third-order valence-electron chi connectivity index (χ3n) is 4.55. The molecule has 8 nitrogen and oxygen atoms in total. The van der Waals surface area contributed by atoms with Crippen LogP contribution >= 0.6 is 0 Å². The number of nitrogens with zero attached hydrogens (tertiary/aromatic N) is 1. The van der Waals surface area contributed by atoms with Gasteiger partial charge < -0.3 is 21.1 Å². The van der Waals surface area contributed by atoms with Crippen molar-refractivity contribution in [1.29, 1.82) is 5.26 Å². The van der Waals surface area contributed by atoms with Crippen LogP contribution in [0.4, 0.5) is 4.79 Å². The number of amides is 3. The Labute approximate surface area is 181 Å². The Hall–Kier alpha value is -3.86. The average molecular weight is 422 g/mol. The van der Waals surface area contributed by atoms with Crippen molar-refractivity contribution < 1.29 is 19.1 Å². The molecule has 0 fully saturated rings. The predicted molar refractivity (Wildman–Crippen MR) is 114 cm³/mol. The summed E-state index contributed by atoms with van der Waals surface area (Å²) in [5.74, 6) is -1.25. The van der Waals surface area contributed by atoms with Gasteiger partial charge in [-0.2, -0.15) is 5.26 Å². The SMILES string of the molecule is N#CCCC[C@H](NC(=O)[C@H](Cc1ccccc1)NC(=O)OCc1ccccc1)C(N)=O. The molecule has 31 heavy (non-hydrogen) atoms. The van der Waals surface area contributed by atoms with Gasteiger partial charge >= 0.3 is 6.09 Å². The van der Waals surface area contributed by atoms with Crippen LogP contribution in [0.1, 0.15) is 30.4 Å². The number of hydrogen-bond acceptors (Lipinski definition) is 5. The molecule has 2 atom stereocenters. The molecule has 2 aromatic rings. The van der Waals surface area contributed by atoms with E-state index in [2.05, 4.69) is 10.6 Å². The molecule has 0 saturated heterocycles. The van der Waals surface area contributed by atoms with E-state index in [1.54, 1.807) is 0 Å². The van der Waals surface area contributed by atoms with Gasteiger partial charge in [-0.05, 0) is 24.0 Å². The summed E-state index contributed by atoms with van der Waals surface area (Å²) >= 11 is 0. The summed E-state index contributed by atoms with van der Waals surface area (Å²) in [5.41, 5.74) is 7.02. The molecular formula is C23H26N4O4. The number of rotatable bonds is 11. The zero-order valence-electron chi connectivity index (χ0n) is 17.1.